The van der Waals surface area contributed by atoms with Crippen LogP contribution in [-0.2, 0) is 19.6 Å². The van der Waals surface area contributed by atoms with Gasteiger partial charge in [-0.15, -0.1) is 0 Å². The molecule has 0 bridgehead atoms. The Morgan fingerprint density at radius 2 is 1.87 bits per heavy atom. The molecule has 1 saturated heterocycles. The van der Waals surface area contributed by atoms with Crippen molar-refractivity contribution in [3.8, 4) is 5.75 Å². The van der Waals surface area contributed by atoms with Crippen molar-refractivity contribution in [3.05, 3.63) is 18.2 Å². The van der Waals surface area contributed by atoms with Gasteiger partial charge in [-0.2, -0.15) is 4.31 Å². The van der Waals surface area contributed by atoms with Crippen LogP contribution in [0.4, 0.5) is 5.69 Å². The monoisotopic (exact) mass is 439 g/mol. The van der Waals surface area contributed by atoms with E-state index in [1.54, 1.807) is 24.8 Å². The molecule has 1 aliphatic rings. The van der Waals surface area contributed by atoms with E-state index in [9.17, 15) is 18.0 Å². The first-order valence-corrected chi connectivity index (χ1v) is 11.9. The highest BCUT2D eigenvalue weighted by Crippen LogP contribution is 2.31. The van der Waals surface area contributed by atoms with Gasteiger partial charge in [0, 0.05) is 32.1 Å². The Kier molecular flexibility index (Phi) is 7.87. The van der Waals surface area contributed by atoms with Gasteiger partial charge in [-0.3, -0.25) is 9.59 Å². The second-order valence-corrected chi connectivity index (χ2v) is 9.88. The summed E-state index contributed by atoms with van der Waals surface area (Å²) in [5.74, 6) is -0.476. The molecular weight excluding hydrogens is 406 g/mol. The van der Waals surface area contributed by atoms with Gasteiger partial charge in [0.2, 0.25) is 21.8 Å². The minimum absolute atomic E-state index is 0.0256. The molecule has 0 spiro atoms. The summed E-state index contributed by atoms with van der Waals surface area (Å²) >= 11 is 0. The van der Waals surface area contributed by atoms with E-state index in [1.165, 1.54) is 16.4 Å². The van der Waals surface area contributed by atoms with E-state index >= 15 is 0 Å². The average molecular weight is 440 g/mol. The zero-order valence-corrected chi connectivity index (χ0v) is 19.5. The van der Waals surface area contributed by atoms with E-state index < -0.39 is 15.9 Å². The average Bonchev–Trinajstić information content (AvgIpc) is 3.05. The first kappa shape index (κ1) is 24.1. The first-order chi connectivity index (χ1) is 14.0. The lowest BCUT2D eigenvalue weighted by Crippen LogP contribution is -2.33. The molecule has 1 N–H and O–H groups in total. The molecule has 30 heavy (non-hydrogen) atoms. The summed E-state index contributed by atoms with van der Waals surface area (Å²) in [6.07, 6.45) is -0.0164. The maximum Gasteiger partial charge on any atom is 0.243 e. The number of amides is 2. The van der Waals surface area contributed by atoms with E-state index in [2.05, 4.69) is 5.32 Å². The van der Waals surface area contributed by atoms with Crippen molar-refractivity contribution in [2.24, 2.45) is 5.92 Å². The highest BCUT2D eigenvalue weighted by atomic mass is 32.2. The van der Waals surface area contributed by atoms with Crippen molar-refractivity contribution in [3.63, 3.8) is 0 Å². The number of anilines is 1. The lowest BCUT2D eigenvalue weighted by atomic mass is 10.1. The van der Waals surface area contributed by atoms with Crippen LogP contribution in [0.5, 0.6) is 5.75 Å². The lowest BCUT2D eigenvalue weighted by Gasteiger charge is -2.22. The van der Waals surface area contributed by atoms with Crippen LogP contribution in [0.15, 0.2) is 23.1 Å². The van der Waals surface area contributed by atoms with Gasteiger partial charge in [-0.05, 0) is 45.9 Å². The highest BCUT2D eigenvalue weighted by molar-refractivity contribution is 7.89. The molecule has 0 saturated carbocycles. The van der Waals surface area contributed by atoms with Crippen LogP contribution < -0.4 is 10.1 Å². The molecule has 8 nitrogen and oxygen atoms in total. The number of carbonyl (C=O) groups is 2. The van der Waals surface area contributed by atoms with Crippen LogP contribution in [-0.4, -0.2) is 61.2 Å². The van der Waals surface area contributed by atoms with Crippen molar-refractivity contribution >= 4 is 27.5 Å². The molecule has 1 unspecified atom stereocenters. The maximum absolute atomic E-state index is 12.9. The van der Waals surface area contributed by atoms with Crippen LogP contribution in [0.3, 0.4) is 0 Å². The number of likely N-dealkylation sites (tertiary alicyclic amines) is 1. The van der Waals surface area contributed by atoms with E-state index in [0.717, 1.165) is 0 Å². The molecule has 1 aliphatic heterocycles. The van der Waals surface area contributed by atoms with Gasteiger partial charge in [0.15, 0.2) is 0 Å². The number of nitrogens with zero attached hydrogens (tertiary/aromatic N) is 2. The predicted molar refractivity (Wildman–Crippen MR) is 116 cm³/mol. The first-order valence-electron chi connectivity index (χ1n) is 10.4. The third kappa shape index (κ3) is 5.31. The largest absolute Gasteiger partial charge is 0.489 e. The maximum atomic E-state index is 12.9. The number of hydrogen-bond acceptors (Lipinski definition) is 5. The van der Waals surface area contributed by atoms with Gasteiger partial charge in [-0.25, -0.2) is 8.42 Å². The van der Waals surface area contributed by atoms with Gasteiger partial charge in [-0.1, -0.05) is 13.8 Å². The second kappa shape index (κ2) is 9.78. The summed E-state index contributed by atoms with van der Waals surface area (Å²) < 4.78 is 32.9. The minimum atomic E-state index is -3.69. The van der Waals surface area contributed by atoms with Crippen molar-refractivity contribution in [2.45, 2.75) is 65.0 Å². The number of rotatable bonds is 9. The number of ether oxygens (including phenoxy) is 1. The smallest absolute Gasteiger partial charge is 0.243 e. The van der Waals surface area contributed by atoms with E-state index in [-0.39, 0.29) is 41.0 Å². The number of hydrogen-bond donors (Lipinski definition) is 1. The van der Waals surface area contributed by atoms with Crippen LogP contribution in [0, 0.1) is 5.92 Å². The van der Waals surface area contributed by atoms with E-state index in [4.69, 9.17) is 4.74 Å². The number of benzene rings is 1. The number of nitrogens with one attached hydrogen (secondary N) is 1. The molecule has 1 atom stereocenters. The van der Waals surface area contributed by atoms with Gasteiger partial charge in [0.05, 0.1) is 22.6 Å². The van der Waals surface area contributed by atoms with Gasteiger partial charge in [0.1, 0.15) is 5.75 Å². The fourth-order valence-electron chi connectivity index (χ4n) is 3.48. The Morgan fingerprint density at radius 1 is 1.23 bits per heavy atom. The van der Waals surface area contributed by atoms with Crippen molar-refractivity contribution in [1.82, 2.24) is 9.21 Å². The van der Waals surface area contributed by atoms with Gasteiger partial charge >= 0.3 is 0 Å². The Morgan fingerprint density at radius 3 is 2.37 bits per heavy atom. The molecule has 0 aliphatic carbocycles. The third-order valence-electron chi connectivity index (χ3n) is 5.07. The van der Waals surface area contributed by atoms with E-state index in [0.29, 0.717) is 25.4 Å². The molecule has 1 heterocycles. The summed E-state index contributed by atoms with van der Waals surface area (Å²) in [7, 11) is -3.69. The summed E-state index contributed by atoms with van der Waals surface area (Å²) in [5, 5.41) is 2.80. The van der Waals surface area contributed by atoms with Gasteiger partial charge < -0.3 is 15.0 Å². The Labute approximate surface area is 179 Å². The number of sulfonamides is 1. The molecule has 2 rings (SSSR count). The summed E-state index contributed by atoms with van der Waals surface area (Å²) in [4.78, 5) is 26.8. The fraction of sp³-hybridized carbons (Fsp3) is 0.619. The highest BCUT2D eigenvalue weighted by Gasteiger charge is 2.36. The van der Waals surface area contributed by atoms with Crippen molar-refractivity contribution in [2.75, 3.05) is 25.0 Å². The molecule has 0 aromatic heterocycles. The Bertz CT molecular complexity index is 879. The van der Waals surface area contributed by atoms with Crippen molar-refractivity contribution < 1.29 is 22.7 Å². The van der Waals surface area contributed by atoms with Crippen LogP contribution in [0.25, 0.3) is 0 Å². The van der Waals surface area contributed by atoms with Crippen LogP contribution in [0.1, 0.15) is 48.0 Å². The molecular formula is C21H33N3O5S. The van der Waals surface area contributed by atoms with Crippen molar-refractivity contribution in [1.29, 1.82) is 0 Å². The van der Waals surface area contributed by atoms with E-state index in [1.807, 2.05) is 27.7 Å². The summed E-state index contributed by atoms with van der Waals surface area (Å²) in [6.45, 7) is 12.1. The number of carbonyl (C=O) groups excluding carboxylic acids is 2. The molecule has 168 valence electrons. The lowest BCUT2D eigenvalue weighted by molar-refractivity contribution is -0.129. The topological polar surface area (TPSA) is 96.0 Å². The quantitative estimate of drug-likeness (QED) is 0.638. The molecule has 0 radical (unpaired) electrons. The molecule has 2 amide bonds. The standard InChI is InChI=1S/C21H33N3O5S/c1-7-23(8-2)30(27,28)17-9-10-19(29-15(5)6)18(12-17)22-21(26)16-11-20(25)24(13-16)14(3)4/h9-10,12,14-16H,7-8,11,13H2,1-6H3,(H,22,26). The van der Waals surface area contributed by atoms with Gasteiger partial charge in [0.25, 0.3) is 0 Å². The predicted octanol–water partition coefficient (Wildman–Crippen LogP) is 2.70. The minimum Gasteiger partial charge on any atom is -0.489 e. The SMILES string of the molecule is CCN(CC)S(=O)(=O)c1ccc(OC(C)C)c(NC(=O)C2CC(=O)N(C(C)C)C2)c1. The molecule has 9 heteroatoms. The van der Waals surface area contributed by atoms with Crippen LogP contribution in [0.2, 0.25) is 0 Å². The Hall–Kier alpha value is -2.13. The Balaban J connectivity index is 2.34. The van der Waals surface area contributed by atoms with Crippen LogP contribution >= 0.6 is 0 Å². The second-order valence-electron chi connectivity index (χ2n) is 7.94. The molecule has 1 aromatic rings. The third-order valence-corrected chi connectivity index (χ3v) is 7.11. The zero-order chi connectivity index (χ0) is 22.6. The summed E-state index contributed by atoms with van der Waals surface area (Å²) in [6, 6.07) is 4.50. The fourth-order valence-corrected chi connectivity index (χ4v) is 4.96. The zero-order valence-electron chi connectivity index (χ0n) is 18.6. The summed E-state index contributed by atoms with van der Waals surface area (Å²) in [5.41, 5.74) is 0.289. The molecule has 1 aromatic carbocycles. The molecule has 1 fully saturated rings. The normalized spacial score (nSPS) is 17.3.